The fourth-order valence-corrected chi connectivity index (χ4v) is 6.41. The Balaban J connectivity index is 1.25. The number of benzene rings is 4. The average molecular weight is 691 g/mol. The third-order valence-electron chi connectivity index (χ3n) is 6.45. The van der Waals surface area contributed by atoms with Gasteiger partial charge in [0.25, 0.3) is 0 Å². The zero-order chi connectivity index (χ0) is 34.0. The minimum atomic E-state index is -0.406. The molecule has 0 aliphatic heterocycles. The van der Waals surface area contributed by atoms with Gasteiger partial charge in [0.15, 0.2) is 0 Å². The van der Waals surface area contributed by atoms with Crippen molar-refractivity contribution in [3.05, 3.63) is 144 Å². The summed E-state index contributed by atoms with van der Waals surface area (Å²) in [5.41, 5.74) is 4.87. The Morgan fingerprint density at radius 3 is 1.52 bits per heavy atom. The smallest absolute Gasteiger partial charge is 0.330 e. The van der Waals surface area contributed by atoms with Crippen LogP contribution in [0.3, 0.4) is 0 Å². The van der Waals surface area contributed by atoms with Gasteiger partial charge in [0.2, 0.25) is 0 Å². The summed E-state index contributed by atoms with van der Waals surface area (Å²) in [4.78, 5) is 25.5. The molecule has 0 heterocycles. The number of thioether (sulfide) groups is 3. The summed E-state index contributed by atoms with van der Waals surface area (Å²) in [6.07, 6.45) is 2.33. The van der Waals surface area contributed by atoms with Crippen LogP contribution in [0.4, 0.5) is 0 Å². The average Bonchev–Trinajstić information content (AvgIpc) is 3.13. The normalized spacial score (nSPS) is 10.0. The first-order valence-corrected chi connectivity index (χ1v) is 17.9. The molecule has 0 aromatic heterocycles. The van der Waals surface area contributed by atoms with Gasteiger partial charge < -0.3 is 14.2 Å². The summed E-state index contributed by atoms with van der Waals surface area (Å²) in [6, 6.07) is 30.3. The summed E-state index contributed by atoms with van der Waals surface area (Å²) in [6.45, 7) is 7.47. The maximum Gasteiger partial charge on any atom is 0.330 e. The molecule has 8 heteroatoms. The summed E-state index contributed by atoms with van der Waals surface area (Å²) in [5.74, 6) is 15.0. The first kappa shape index (κ1) is 36.1. The quantitative estimate of drug-likeness (QED) is 0.0430. The molecule has 0 saturated heterocycles. The van der Waals surface area contributed by atoms with Crippen LogP contribution in [0.1, 0.15) is 27.8 Å². The minimum Gasteiger partial charge on any atom is -0.496 e. The van der Waals surface area contributed by atoms with Crippen LogP contribution >= 0.6 is 35.3 Å². The van der Waals surface area contributed by atoms with Crippen molar-refractivity contribution in [3.8, 4) is 29.4 Å². The molecule has 0 atom stereocenters. The number of hydrogen-bond acceptors (Lipinski definition) is 8. The van der Waals surface area contributed by atoms with Crippen molar-refractivity contribution in [1.82, 2.24) is 0 Å². The zero-order valence-corrected chi connectivity index (χ0v) is 29.0. The fourth-order valence-electron chi connectivity index (χ4n) is 3.99. The van der Waals surface area contributed by atoms with E-state index in [4.69, 9.17) is 14.2 Å². The molecule has 0 aliphatic rings. The molecule has 4 rings (SSSR count). The standard InChI is InChI=1S/C40H34O5S3/c1-4-39(41)44-24-26-46-35-19-14-31(15-20-35)7-6-30-9-12-34(13-10-30)29-48-38-23-18-33(28-37(38)43-3)11-8-32-16-21-36(22-17-32)47-27-25-45-40(42)5-2/h4-5,9-10,12-23,28H,1-2,24-27,29H2,3H3. The second-order valence-corrected chi connectivity index (χ2v) is 13.2. The summed E-state index contributed by atoms with van der Waals surface area (Å²) in [7, 11) is 1.68. The second kappa shape index (κ2) is 19.8. The van der Waals surface area contributed by atoms with E-state index in [0.29, 0.717) is 24.7 Å². The highest BCUT2D eigenvalue weighted by Gasteiger charge is 2.06. The molecule has 5 nitrogen and oxygen atoms in total. The van der Waals surface area contributed by atoms with E-state index in [1.807, 2.05) is 78.9 Å². The van der Waals surface area contributed by atoms with E-state index >= 15 is 0 Å². The van der Waals surface area contributed by atoms with Gasteiger partial charge in [-0.2, -0.15) is 0 Å². The number of methoxy groups -OCH3 is 1. The summed E-state index contributed by atoms with van der Waals surface area (Å²) < 4.78 is 15.7. The van der Waals surface area contributed by atoms with E-state index in [9.17, 15) is 9.59 Å². The van der Waals surface area contributed by atoms with Crippen molar-refractivity contribution in [3.63, 3.8) is 0 Å². The molecule has 0 spiro atoms. The maximum atomic E-state index is 11.1. The van der Waals surface area contributed by atoms with Crippen LogP contribution in [0, 0.1) is 23.7 Å². The molecule has 0 amide bonds. The van der Waals surface area contributed by atoms with Crippen molar-refractivity contribution in [2.24, 2.45) is 0 Å². The molecule has 0 aliphatic carbocycles. The van der Waals surface area contributed by atoms with Crippen LogP contribution in [-0.4, -0.2) is 43.8 Å². The molecule has 0 fully saturated rings. The number of carbonyl (C=O) groups is 2. The van der Waals surface area contributed by atoms with E-state index < -0.39 is 11.9 Å². The number of rotatable bonds is 14. The highest BCUT2D eigenvalue weighted by atomic mass is 32.2. The van der Waals surface area contributed by atoms with E-state index in [-0.39, 0.29) is 0 Å². The maximum absolute atomic E-state index is 11.1. The monoisotopic (exact) mass is 690 g/mol. The molecule has 0 radical (unpaired) electrons. The fraction of sp³-hybridized carbons (Fsp3) is 0.150. The highest BCUT2D eigenvalue weighted by molar-refractivity contribution is 7.99. The first-order chi connectivity index (χ1) is 23.4. The van der Waals surface area contributed by atoms with E-state index in [0.717, 1.165) is 48.4 Å². The van der Waals surface area contributed by atoms with Gasteiger partial charge in [-0.05, 0) is 84.4 Å². The van der Waals surface area contributed by atoms with Crippen molar-refractivity contribution in [1.29, 1.82) is 0 Å². The number of ether oxygens (including phenoxy) is 3. The van der Waals surface area contributed by atoms with Gasteiger partial charge in [0.1, 0.15) is 19.0 Å². The molecule has 0 unspecified atom stereocenters. The number of hydrogen-bond donors (Lipinski definition) is 0. The number of carbonyl (C=O) groups excluding carboxylic acids is 2. The summed E-state index contributed by atoms with van der Waals surface area (Å²) >= 11 is 4.95. The number of esters is 2. The SMILES string of the molecule is C=CC(=O)OCCSc1ccc(C#Cc2ccc(CSc3ccc(C#Cc4ccc(SCCOC(=O)C=C)cc4)cc3OC)cc2)cc1. The lowest BCUT2D eigenvalue weighted by molar-refractivity contribution is -0.138. The first-order valence-electron chi connectivity index (χ1n) is 14.9. The topological polar surface area (TPSA) is 61.8 Å². The molecule has 242 valence electrons. The van der Waals surface area contributed by atoms with Crippen LogP contribution < -0.4 is 4.74 Å². The van der Waals surface area contributed by atoms with Gasteiger partial charge >= 0.3 is 11.9 Å². The lowest BCUT2D eigenvalue weighted by atomic mass is 10.1. The minimum absolute atomic E-state index is 0.341. The van der Waals surface area contributed by atoms with Gasteiger partial charge in [-0.3, -0.25) is 0 Å². The molecular formula is C40H34O5S3. The Hall–Kier alpha value is -4.73. The van der Waals surface area contributed by atoms with E-state index in [2.05, 4.69) is 49.0 Å². The Kier molecular flexibility index (Phi) is 14.9. The highest BCUT2D eigenvalue weighted by Crippen LogP contribution is 2.32. The molecule has 0 bridgehead atoms. The van der Waals surface area contributed by atoms with Crippen LogP contribution in [0.2, 0.25) is 0 Å². The molecule has 4 aromatic rings. The van der Waals surface area contributed by atoms with Crippen LogP contribution in [0.25, 0.3) is 0 Å². The third kappa shape index (κ3) is 12.5. The van der Waals surface area contributed by atoms with Gasteiger partial charge in [0.05, 0.1) is 7.11 Å². The van der Waals surface area contributed by atoms with Gasteiger partial charge in [0, 0.05) is 66.4 Å². The Labute approximate surface area is 295 Å². The van der Waals surface area contributed by atoms with Crippen molar-refractivity contribution in [2.45, 2.75) is 20.4 Å². The van der Waals surface area contributed by atoms with Gasteiger partial charge in [-0.15, -0.1) is 35.3 Å². The predicted molar refractivity (Wildman–Crippen MR) is 198 cm³/mol. The van der Waals surface area contributed by atoms with Crippen LogP contribution in [-0.2, 0) is 24.8 Å². The zero-order valence-electron chi connectivity index (χ0n) is 26.5. The van der Waals surface area contributed by atoms with Gasteiger partial charge in [-0.1, -0.05) is 49.0 Å². The van der Waals surface area contributed by atoms with Gasteiger partial charge in [-0.25, -0.2) is 9.59 Å². The van der Waals surface area contributed by atoms with Crippen molar-refractivity contribution >= 4 is 47.2 Å². The van der Waals surface area contributed by atoms with Crippen molar-refractivity contribution in [2.75, 3.05) is 31.8 Å². The molecular weight excluding hydrogens is 657 g/mol. The Bertz CT molecular complexity index is 1830. The Morgan fingerprint density at radius 1 is 0.625 bits per heavy atom. The van der Waals surface area contributed by atoms with E-state index in [1.54, 1.807) is 42.4 Å². The largest absolute Gasteiger partial charge is 0.496 e. The molecule has 0 saturated carbocycles. The molecule has 0 N–H and O–H groups in total. The summed E-state index contributed by atoms with van der Waals surface area (Å²) in [5, 5.41) is 0. The van der Waals surface area contributed by atoms with Crippen LogP contribution in [0.5, 0.6) is 5.75 Å². The predicted octanol–water partition coefficient (Wildman–Crippen LogP) is 8.43. The van der Waals surface area contributed by atoms with E-state index in [1.165, 1.54) is 17.7 Å². The third-order valence-corrected chi connectivity index (χ3v) is 9.53. The second-order valence-electron chi connectivity index (χ2n) is 9.84. The van der Waals surface area contributed by atoms with Crippen LogP contribution in [0.15, 0.2) is 131 Å². The molecule has 48 heavy (non-hydrogen) atoms. The lowest BCUT2D eigenvalue weighted by Gasteiger charge is -2.09. The Morgan fingerprint density at radius 2 is 1.06 bits per heavy atom. The molecule has 4 aromatic carbocycles. The lowest BCUT2D eigenvalue weighted by Crippen LogP contribution is -2.03. The van der Waals surface area contributed by atoms with Crippen molar-refractivity contribution < 1.29 is 23.8 Å².